The van der Waals surface area contributed by atoms with Crippen molar-refractivity contribution in [1.29, 1.82) is 0 Å². The molecule has 1 N–H and O–H groups in total. The minimum Gasteiger partial charge on any atom is -0.267 e. The van der Waals surface area contributed by atoms with Gasteiger partial charge in [-0.1, -0.05) is 51.9 Å². The van der Waals surface area contributed by atoms with Gasteiger partial charge in [0, 0.05) is 11.8 Å². The molecule has 0 aliphatic heterocycles. The van der Waals surface area contributed by atoms with Crippen LogP contribution in [0.25, 0.3) is 0 Å². The molecule has 0 radical (unpaired) electrons. The van der Waals surface area contributed by atoms with Gasteiger partial charge in [-0.2, -0.15) is 5.10 Å². The molecule has 0 atom stereocenters. The Morgan fingerprint density at radius 2 is 1.78 bits per heavy atom. The lowest BCUT2D eigenvalue weighted by atomic mass is 10.1. The van der Waals surface area contributed by atoms with Crippen molar-refractivity contribution in [1.82, 2.24) is 5.43 Å². The number of nitrogens with zero attached hydrogens (tertiary/aromatic N) is 2. The highest BCUT2D eigenvalue weighted by molar-refractivity contribution is 5.94. The van der Waals surface area contributed by atoms with Crippen LogP contribution in [0.15, 0.2) is 29.6 Å². The van der Waals surface area contributed by atoms with Gasteiger partial charge in [0.25, 0.3) is 5.91 Å². The zero-order valence-electron chi connectivity index (χ0n) is 15.0. The molecule has 0 aliphatic rings. The molecule has 1 heterocycles. The quantitative estimate of drug-likeness (QED) is 0.283. The molecule has 1 amide bonds. The number of hydrogen-bond acceptors (Lipinski definition) is 2. The summed E-state index contributed by atoms with van der Waals surface area (Å²) in [7, 11) is 1.90. The zero-order chi connectivity index (χ0) is 16.9. The number of hydrogen-bond donors (Lipinski definition) is 1. The Balaban J connectivity index is 2.16. The fraction of sp³-hybridized carbons (Fsp3) is 0.632. The number of aromatic nitrogens is 1. The summed E-state index contributed by atoms with van der Waals surface area (Å²) in [5.41, 5.74) is 4.25. The predicted molar refractivity (Wildman–Crippen MR) is 95.4 cm³/mol. The second-order valence-electron chi connectivity index (χ2n) is 6.27. The van der Waals surface area contributed by atoms with Crippen molar-refractivity contribution in [3.63, 3.8) is 0 Å². The van der Waals surface area contributed by atoms with E-state index in [0.29, 0.717) is 5.56 Å². The first-order chi connectivity index (χ1) is 11.1. The van der Waals surface area contributed by atoms with E-state index in [9.17, 15) is 4.79 Å². The van der Waals surface area contributed by atoms with Crippen LogP contribution >= 0.6 is 0 Å². The van der Waals surface area contributed by atoms with Crippen molar-refractivity contribution in [2.75, 3.05) is 0 Å². The maximum absolute atomic E-state index is 12.0. The summed E-state index contributed by atoms with van der Waals surface area (Å²) < 4.78 is 1.85. The number of amides is 1. The Morgan fingerprint density at radius 3 is 2.43 bits per heavy atom. The van der Waals surface area contributed by atoms with Crippen LogP contribution in [0.4, 0.5) is 0 Å². The highest BCUT2D eigenvalue weighted by atomic mass is 16.2. The van der Waals surface area contributed by atoms with Gasteiger partial charge in [-0.3, -0.25) is 4.79 Å². The second-order valence-corrected chi connectivity index (χ2v) is 6.27. The van der Waals surface area contributed by atoms with Gasteiger partial charge in [-0.05, 0) is 25.8 Å². The molecule has 4 heteroatoms. The van der Waals surface area contributed by atoms with Crippen LogP contribution in [0.1, 0.15) is 82.0 Å². The molecule has 23 heavy (non-hydrogen) atoms. The zero-order valence-corrected chi connectivity index (χ0v) is 15.0. The Kier molecular flexibility index (Phi) is 9.92. The van der Waals surface area contributed by atoms with Gasteiger partial charge >= 0.3 is 0 Å². The highest BCUT2D eigenvalue weighted by Gasteiger charge is 2.07. The number of aryl methyl sites for hydroxylation is 1. The molecule has 0 unspecified atom stereocenters. The molecule has 1 aromatic rings. The van der Waals surface area contributed by atoms with Gasteiger partial charge in [0.05, 0.1) is 0 Å². The van der Waals surface area contributed by atoms with Crippen LogP contribution in [0, 0.1) is 0 Å². The van der Waals surface area contributed by atoms with Gasteiger partial charge < -0.3 is 0 Å². The molecule has 0 aliphatic carbocycles. The van der Waals surface area contributed by atoms with Gasteiger partial charge in [0.15, 0.2) is 12.4 Å². The smallest absolute Gasteiger partial charge is 0.267 e. The van der Waals surface area contributed by atoms with E-state index >= 15 is 0 Å². The van der Waals surface area contributed by atoms with Crippen molar-refractivity contribution in [3.05, 3.63) is 30.1 Å². The molecule has 0 bridgehead atoms. The lowest BCUT2D eigenvalue weighted by Gasteiger charge is -2.03. The number of hydrazone groups is 1. The monoisotopic (exact) mass is 318 g/mol. The number of unbranched alkanes of at least 4 members (excludes halogenated alkanes) is 7. The lowest BCUT2D eigenvalue weighted by Crippen LogP contribution is -2.30. The average Bonchev–Trinajstić information content (AvgIpc) is 2.55. The van der Waals surface area contributed by atoms with E-state index in [1.54, 1.807) is 12.3 Å². The van der Waals surface area contributed by atoms with E-state index in [2.05, 4.69) is 17.5 Å². The lowest BCUT2D eigenvalue weighted by molar-refractivity contribution is -0.671. The van der Waals surface area contributed by atoms with Gasteiger partial charge in [0.1, 0.15) is 12.6 Å². The molecule has 1 rings (SSSR count). The van der Waals surface area contributed by atoms with E-state index in [1.165, 1.54) is 44.9 Å². The number of rotatable bonds is 11. The number of pyridine rings is 1. The molecule has 0 fully saturated rings. The Morgan fingerprint density at radius 1 is 1.13 bits per heavy atom. The van der Waals surface area contributed by atoms with Gasteiger partial charge in [-0.25, -0.2) is 9.99 Å². The summed E-state index contributed by atoms with van der Waals surface area (Å²) in [4.78, 5) is 12.0. The number of carbonyl (C=O) groups is 1. The standard InChI is InChI=1S/C19H31N3O/c1-4-5-6-7-8-9-10-11-13-17(2)20-21-19(23)18-14-12-15-22(3)16-18/h12,14-16H,4-11,13H2,1-3H3/p+1/b20-17+. The van der Waals surface area contributed by atoms with E-state index in [-0.39, 0.29) is 5.91 Å². The summed E-state index contributed by atoms with van der Waals surface area (Å²) in [6.45, 7) is 4.23. The summed E-state index contributed by atoms with van der Waals surface area (Å²) in [6.07, 6.45) is 15.1. The molecule has 128 valence electrons. The Labute approximate surface area is 141 Å². The van der Waals surface area contributed by atoms with Gasteiger partial charge in [-0.15, -0.1) is 0 Å². The Hall–Kier alpha value is -1.71. The maximum Gasteiger partial charge on any atom is 0.277 e. The van der Waals surface area contributed by atoms with Gasteiger partial charge in [0.2, 0.25) is 0 Å². The molecule has 0 saturated heterocycles. The Bertz CT molecular complexity index is 497. The SMILES string of the molecule is CCCCCCCCCC/C(C)=N/NC(=O)c1ccc[n+](C)c1. The van der Waals surface area contributed by atoms with Crippen LogP contribution in [-0.2, 0) is 7.05 Å². The highest BCUT2D eigenvalue weighted by Crippen LogP contribution is 2.09. The molecular weight excluding hydrogens is 286 g/mol. The normalized spacial score (nSPS) is 11.5. The molecule has 4 nitrogen and oxygen atoms in total. The van der Waals surface area contributed by atoms with Crippen LogP contribution in [0.2, 0.25) is 0 Å². The third kappa shape index (κ3) is 9.11. The van der Waals surface area contributed by atoms with Crippen LogP contribution < -0.4 is 9.99 Å². The average molecular weight is 318 g/mol. The second kappa shape index (κ2) is 11.8. The summed E-state index contributed by atoms with van der Waals surface area (Å²) in [5, 5.41) is 4.20. The number of carbonyl (C=O) groups excluding carboxylic acids is 1. The summed E-state index contributed by atoms with van der Waals surface area (Å²) in [5.74, 6) is -0.156. The van der Waals surface area contributed by atoms with E-state index < -0.39 is 0 Å². The fourth-order valence-electron chi connectivity index (χ4n) is 2.50. The largest absolute Gasteiger partial charge is 0.277 e. The predicted octanol–water partition coefficient (Wildman–Crippen LogP) is 4.15. The maximum atomic E-state index is 12.0. The first-order valence-corrected chi connectivity index (χ1v) is 8.92. The van der Waals surface area contributed by atoms with Crippen LogP contribution in [0.3, 0.4) is 0 Å². The molecule has 0 aromatic carbocycles. The van der Waals surface area contributed by atoms with E-state index in [1.807, 2.05) is 30.8 Å². The van der Waals surface area contributed by atoms with Crippen molar-refractivity contribution < 1.29 is 9.36 Å². The molecule has 0 saturated carbocycles. The van der Waals surface area contributed by atoms with Crippen molar-refractivity contribution >= 4 is 11.6 Å². The molecule has 0 spiro atoms. The van der Waals surface area contributed by atoms with Crippen molar-refractivity contribution in [2.24, 2.45) is 12.1 Å². The topological polar surface area (TPSA) is 45.3 Å². The number of nitrogens with one attached hydrogen (secondary N) is 1. The molecule has 1 aromatic heterocycles. The van der Waals surface area contributed by atoms with Crippen LogP contribution in [0.5, 0.6) is 0 Å². The van der Waals surface area contributed by atoms with E-state index in [0.717, 1.165) is 18.6 Å². The molecular formula is C19H32N3O+. The van der Waals surface area contributed by atoms with Crippen molar-refractivity contribution in [3.8, 4) is 0 Å². The minimum atomic E-state index is -0.156. The van der Waals surface area contributed by atoms with Crippen molar-refractivity contribution in [2.45, 2.75) is 71.6 Å². The minimum absolute atomic E-state index is 0.156. The summed E-state index contributed by atoms with van der Waals surface area (Å²) >= 11 is 0. The first kappa shape index (κ1) is 19.3. The first-order valence-electron chi connectivity index (χ1n) is 8.92. The fourth-order valence-corrected chi connectivity index (χ4v) is 2.50. The third-order valence-corrected chi connectivity index (χ3v) is 3.94. The third-order valence-electron chi connectivity index (χ3n) is 3.94. The summed E-state index contributed by atoms with van der Waals surface area (Å²) in [6, 6.07) is 3.64. The van der Waals surface area contributed by atoms with Crippen LogP contribution in [-0.4, -0.2) is 11.6 Å². The van der Waals surface area contributed by atoms with E-state index in [4.69, 9.17) is 0 Å².